The van der Waals surface area contributed by atoms with E-state index in [1.165, 1.54) is 34.7 Å². The first-order valence-corrected chi connectivity index (χ1v) is 10.8. The summed E-state index contributed by atoms with van der Waals surface area (Å²) in [6.45, 7) is 0. The van der Waals surface area contributed by atoms with Crippen LogP contribution in [0.5, 0.6) is 0 Å². The number of thioether (sulfide) groups is 2. The highest BCUT2D eigenvalue weighted by Crippen LogP contribution is 2.46. The summed E-state index contributed by atoms with van der Waals surface area (Å²) in [6.07, 6.45) is 3.46. The first-order chi connectivity index (χ1) is 11.8. The Balaban J connectivity index is 1.79. The Kier molecular flexibility index (Phi) is 5.01. The van der Waals surface area contributed by atoms with Crippen LogP contribution < -0.4 is 0 Å². The molecule has 122 valence electrons. The van der Waals surface area contributed by atoms with E-state index in [0.29, 0.717) is 4.58 Å². The average molecular weight is 417 g/mol. The van der Waals surface area contributed by atoms with E-state index in [2.05, 4.69) is 76.7 Å². The summed E-state index contributed by atoms with van der Waals surface area (Å²) in [5, 5.41) is 4.97. The van der Waals surface area contributed by atoms with Gasteiger partial charge in [-0.2, -0.15) is 5.10 Å². The third kappa shape index (κ3) is 3.44. The smallest absolute Gasteiger partial charge is 0.0946 e. The Morgan fingerprint density at radius 3 is 2.38 bits per heavy atom. The minimum Gasteiger partial charge on any atom is -0.240 e. The maximum atomic E-state index is 4.97. The molecule has 24 heavy (non-hydrogen) atoms. The molecule has 2 nitrogen and oxygen atoms in total. The molecule has 0 saturated carbocycles. The van der Waals surface area contributed by atoms with Crippen molar-refractivity contribution in [1.82, 2.24) is 9.78 Å². The molecule has 2 heterocycles. The Bertz CT molecular complexity index is 809. The highest BCUT2D eigenvalue weighted by atomic mass is 79.9. The van der Waals surface area contributed by atoms with Gasteiger partial charge >= 0.3 is 0 Å². The minimum atomic E-state index is 0.422. The van der Waals surface area contributed by atoms with Crippen LogP contribution in [-0.4, -0.2) is 21.3 Å². The molecule has 0 spiro atoms. The molecule has 5 heteroatoms. The van der Waals surface area contributed by atoms with Crippen molar-refractivity contribution in [3.63, 3.8) is 0 Å². The van der Waals surface area contributed by atoms with Crippen LogP contribution in [0, 0.1) is 0 Å². The predicted molar refractivity (Wildman–Crippen MR) is 109 cm³/mol. The van der Waals surface area contributed by atoms with E-state index in [4.69, 9.17) is 5.10 Å². The molecule has 1 saturated heterocycles. The molecule has 0 bridgehead atoms. The zero-order valence-electron chi connectivity index (χ0n) is 13.1. The molecule has 1 fully saturated rings. The fraction of sp³-hybridized carbons (Fsp3) is 0.211. The lowest BCUT2D eigenvalue weighted by atomic mass is 10.1. The van der Waals surface area contributed by atoms with Gasteiger partial charge in [-0.05, 0) is 47.8 Å². The summed E-state index contributed by atoms with van der Waals surface area (Å²) in [5.41, 5.74) is 4.76. The number of aromatic nitrogens is 2. The van der Waals surface area contributed by atoms with E-state index in [-0.39, 0.29) is 0 Å². The summed E-state index contributed by atoms with van der Waals surface area (Å²) in [5.74, 6) is 2.44. The molecule has 4 rings (SSSR count). The minimum absolute atomic E-state index is 0.422. The second kappa shape index (κ2) is 7.38. The Labute approximate surface area is 159 Å². The van der Waals surface area contributed by atoms with Gasteiger partial charge in [0, 0.05) is 16.2 Å². The van der Waals surface area contributed by atoms with Crippen LogP contribution in [0.2, 0.25) is 0 Å². The van der Waals surface area contributed by atoms with E-state index in [9.17, 15) is 0 Å². The molecule has 0 atom stereocenters. The number of rotatable bonds is 3. The SMILES string of the molecule is Brc1ccc(-n2cc(-c3ccccc3)c(C3SCCCS3)n2)cc1. The van der Waals surface area contributed by atoms with E-state index in [0.717, 1.165) is 10.2 Å². The summed E-state index contributed by atoms with van der Waals surface area (Å²) in [6, 6.07) is 18.9. The monoisotopic (exact) mass is 416 g/mol. The van der Waals surface area contributed by atoms with E-state index < -0.39 is 0 Å². The van der Waals surface area contributed by atoms with Crippen molar-refractivity contribution in [1.29, 1.82) is 0 Å². The number of hydrogen-bond acceptors (Lipinski definition) is 3. The van der Waals surface area contributed by atoms with Crippen LogP contribution >= 0.6 is 39.5 Å². The van der Waals surface area contributed by atoms with Crippen molar-refractivity contribution >= 4 is 39.5 Å². The van der Waals surface area contributed by atoms with E-state index >= 15 is 0 Å². The zero-order chi connectivity index (χ0) is 16.4. The quantitative estimate of drug-likeness (QED) is 0.508. The van der Waals surface area contributed by atoms with Crippen molar-refractivity contribution < 1.29 is 0 Å². The highest BCUT2D eigenvalue weighted by Gasteiger charge is 2.24. The maximum Gasteiger partial charge on any atom is 0.0946 e. The summed E-state index contributed by atoms with van der Waals surface area (Å²) >= 11 is 7.53. The molecular weight excluding hydrogens is 400 g/mol. The van der Waals surface area contributed by atoms with Gasteiger partial charge in [0.15, 0.2) is 0 Å². The fourth-order valence-electron chi connectivity index (χ4n) is 2.77. The largest absolute Gasteiger partial charge is 0.240 e. The molecule has 1 aromatic heterocycles. The standard InChI is InChI=1S/C19H17BrN2S2/c20-15-7-9-16(10-8-15)22-13-17(14-5-2-1-3-6-14)18(21-22)19-23-11-4-12-24-19/h1-3,5-10,13,19H,4,11-12H2. The lowest BCUT2D eigenvalue weighted by molar-refractivity contribution is 0.856. The summed E-state index contributed by atoms with van der Waals surface area (Å²) in [4.78, 5) is 0. The molecule has 1 aliphatic rings. The van der Waals surface area contributed by atoms with Gasteiger partial charge in [-0.25, -0.2) is 4.68 Å². The molecular formula is C19H17BrN2S2. The van der Waals surface area contributed by atoms with Crippen molar-refractivity contribution in [2.75, 3.05) is 11.5 Å². The summed E-state index contributed by atoms with van der Waals surface area (Å²) in [7, 11) is 0. The average Bonchev–Trinajstić information content (AvgIpc) is 3.09. The summed E-state index contributed by atoms with van der Waals surface area (Å²) < 4.78 is 3.52. The molecule has 0 unspecified atom stereocenters. The highest BCUT2D eigenvalue weighted by molar-refractivity contribution is 9.10. The molecule has 0 N–H and O–H groups in total. The Hall–Kier alpha value is -1.17. The topological polar surface area (TPSA) is 17.8 Å². The van der Waals surface area contributed by atoms with Crippen LogP contribution in [0.4, 0.5) is 0 Å². The predicted octanol–water partition coefficient (Wildman–Crippen LogP) is 6.17. The maximum absolute atomic E-state index is 4.97. The van der Waals surface area contributed by atoms with Gasteiger partial charge in [-0.3, -0.25) is 0 Å². The van der Waals surface area contributed by atoms with Gasteiger partial charge in [-0.15, -0.1) is 23.5 Å². The normalized spacial score (nSPS) is 15.5. The second-order valence-corrected chi connectivity index (χ2v) is 9.28. The fourth-order valence-corrected chi connectivity index (χ4v) is 5.90. The molecule has 0 aliphatic carbocycles. The number of hydrogen-bond donors (Lipinski definition) is 0. The molecule has 0 radical (unpaired) electrons. The van der Waals surface area contributed by atoms with Gasteiger partial charge in [0.05, 0.1) is 16.0 Å². The van der Waals surface area contributed by atoms with E-state index in [1.807, 2.05) is 28.2 Å². The lowest BCUT2D eigenvalue weighted by Crippen LogP contribution is -2.03. The van der Waals surface area contributed by atoms with Crippen LogP contribution in [-0.2, 0) is 0 Å². The zero-order valence-corrected chi connectivity index (χ0v) is 16.3. The Morgan fingerprint density at radius 2 is 1.67 bits per heavy atom. The van der Waals surface area contributed by atoms with Gasteiger partial charge in [0.2, 0.25) is 0 Å². The van der Waals surface area contributed by atoms with Crippen molar-refractivity contribution in [3.05, 3.63) is 71.0 Å². The molecule has 3 aromatic rings. The Morgan fingerprint density at radius 1 is 0.958 bits per heavy atom. The third-order valence-electron chi connectivity index (χ3n) is 3.97. The number of halogens is 1. The number of benzene rings is 2. The van der Waals surface area contributed by atoms with E-state index in [1.54, 1.807) is 0 Å². The van der Waals surface area contributed by atoms with Crippen molar-refractivity contribution in [3.8, 4) is 16.8 Å². The lowest BCUT2D eigenvalue weighted by Gasteiger charge is -2.20. The van der Waals surface area contributed by atoms with Crippen molar-refractivity contribution in [2.24, 2.45) is 0 Å². The van der Waals surface area contributed by atoms with Crippen LogP contribution in [0.3, 0.4) is 0 Å². The second-order valence-electron chi connectivity index (χ2n) is 5.64. The third-order valence-corrected chi connectivity index (χ3v) is 7.42. The van der Waals surface area contributed by atoms with Crippen LogP contribution in [0.1, 0.15) is 16.7 Å². The molecule has 1 aliphatic heterocycles. The molecule has 0 amide bonds. The van der Waals surface area contributed by atoms with Gasteiger partial charge in [0.1, 0.15) is 0 Å². The molecule has 2 aromatic carbocycles. The van der Waals surface area contributed by atoms with Crippen molar-refractivity contribution in [2.45, 2.75) is 11.0 Å². The first-order valence-electron chi connectivity index (χ1n) is 7.95. The van der Waals surface area contributed by atoms with Crippen LogP contribution in [0.25, 0.3) is 16.8 Å². The first kappa shape index (κ1) is 16.3. The van der Waals surface area contributed by atoms with Gasteiger partial charge in [-0.1, -0.05) is 46.3 Å². The number of nitrogens with zero attached hydrogens (tertiary/aromatic N) is 2. The van der Waals surface area contributed by atoms with Crippen LogP contribution in [0.15, 0.2) is 65.3 Å². The van der Waals surface area contributed by atoms with Gasteiger partial charge < -0.3 is 0 Å². The van der Waals surface area contributed by atoms with Gasteiger partial charge in [0.25, 0.3) is 0 Å².